The maximum Gasteiger partial charge on any atom is 0.138 e. The Morgan fingerprint density at radius 3 is 2.26 bits per heavy atom. The summed E-state index contributed by atoms with van der Waals surface area (Å²) < 4.78 is 1.78. The van der Waals surface area contributed by atoms with Crippen LogP contribution in [0.15, 0.2) is 36.9 Å². The van der Waals surface area contributed by atoms with Gasteiger partial charge in [-0.1, -0.05) is 13.8 Å². The number of piperidine rings is 1. The monoisotopic (exact) mass is 313 g/mol. The number of hydrogen-bond donors (Lipinski definition) is 1. The molecule has 0 unspecified atom stereocenters. The fraction of sp³-hybridized carbons (Fsp3) is 0.556. The quantitative estimate of drug-likeness (QED) is 0.922. The predicted molar refractivity (Wildman–Crippen MR) is 94.0 cm³/mol. The summed E-state index contributed by atoms with van der Waals surface area (Å²) in [5.41, 5.74) is 2.35. The summed E-state index contributed by atoms with van der Waals surface area (Å²) in [5, 5.41) is 7.94. The normalized spacial score (nSPS) is 17.7. The largest absolute Gasteiger partial charge is 0.371 e. The van der Waals surface area contributed by atoms with E-state index >= 15 is 0 Å². The molecule has 1 N–H and O–H groups in total. The van der Waals surface area contributed by atoms with Crippen LogP contribution in [0.2, 0.25) is 0 Å². The van der Waals surface area contributed by atoms with Crippen LogP contribution < -0.4 is 10.2 Å². The minimum atomic E-state index is 0.591. The molecular weight excluding hydrogens is 286 g/mol. The topological polar surface area (TPSA) is 46.0 Å². The first-order valence-electron chi connectivity index (χ1n) is 8.59. The molecule has 1 aromatic carbocycles. The molecule has 5 heteroatoms. The van der Waals surface area contributed by atoms with Gasteiger partial charge in [-0.3, -0.25) is 0 Å². The number of benzene rings is 1. The number of rotatable bonds is 5. The second-order valence-electron chi connectivity index (χ2n) is 6.82. The van der Waals surface area contributed by atoms with Gasteiger partial charge in [0.1, 0.15) is 12.7 Å². The van der Waals surface area contributed by atoms with Crippen molar-refractivity contribution in [3.05, 3.63) is 36.9 Å². The lowest BCUT2D eigenvalue weighted by Crippen LogP contribution is -2.46. The van der Waals surface area contributed by atoms with Crippen LogP contribution >= 0.6 is 0 Å². The first-order chi connectivity index (χ1) is 11.1. The lowest BCUT2D eigenvalue weighted by atomic mass is 10.00. The summed E-state index contributed by atoms with van der Waals surface area (Å²) in [6.45, 7) is 9.09. The van der Waals surface area contributed by atoms with Gasteiger partial charge in [0.25, 0.3) is 0 Å². The number of nitrogens with one attached hydrogen (secondary N) is 1. The van der Waals surface area contributed by atoms with E-state index in [1.807, 2.05) is 0 Å². The summed E-state index contributed by atoms with van der Waals surface area (Å²) >= 11 is 0. The van der Waals surface area contributed by atoms with Gasteiger partial charge in [0, 0.05) is 30.9 Å². The Kier molecular flexibility index (Phi) is 4.96. The standard InChI is InChI=1S/C18H27N5/c1-14(2)15(3)21-16-8-10-22(11-9-16)17-4-6-18(7-5-17)23-13-19-12-20-23/h4-7,12-16,21H,8-11H2,1-3H3/t15-/m0/s1. The van der Waals surface area contributed by atoms with Crippen LogP contribution in [-0.2, 0) is 0 Å². The maximum absolute atomic E-state index is 4.16. The fourth-order valence-electron chi connectivity index (χ4n) is 3.03. The van der Waals surface area contributed by atoms with E-state index in [0.29, 0.717) is 18.0 Å². The van der Waals surface area contributed by atoms with E-state index in [9.17, 15) is 0 Å². The van der Waals surface area contributed by atoms with Crippen molar-refractivity contribution in [1.29, 1.82) is 0 Å². The molecule has 1 fully saturated rings. The first-order valence-corrected chi connectivity index (χ1v) is 8.59. The van der Waals surface area contributed by atoms with Crippen LogP contribution in [-0.4, -0.2) is 39.9 Å². The molecule has 23 heavy (non-hydrogen) atoms. The molecule has 124 valence electrons. The lowest BCUT2D eigenvalue weighted by molar-refractivity contribution is 0.331. The molecule has 1 aromatic heterocycles. The molecule has 1 aliphatic heterocycles. The highest BCUT2D eigenvalue weighted by Gasteiger charge is 2.21. The average molecular weight is 313 g/mol. The van der Waals surface area contributed by atoms with Crippen LogP contribution in [0.3, 0.4) is 0 Å². The minimum Gasteiger partial charge on any atom is -0.371 e. The van der Waals surface area contributed by atoms with E-state index in [1.54, 1.807) is 17.3 Å². The highest BCUT2D eigenvalue weighted by Crippen LogP contribution is 2.22. The predicted octanol–water partition coefficient (Wildman–Crippen LogP) is 2.87. The number of nitrogens with zero attached hydrogens (tertiary/aromatic N) is 4. The molecule has 0 radical (unpaired) electrons. The average Bonchev–Trinajstić information content (AvgIpc) is 3.10. The van der Waals surface area contributed by atoms with Gasteiger partial charge < -0.3 is 10.2 Å². The lowest BCUT2D eigenvalue weighted by Gasteiger charge is -2.36. The van der Waals surface area contributed by atoms with E-state index in [-0.39, 0.29) is 0 Å². The molecule has 2 heterocycles. The van der Waals surface area contributed by atoms with Gasteiger partial charge in [-0.25, -0.2) is 9.67 Å². The van der Waals surface area contributed by atoms with Gasteiger partial charge in [-0.2, -0.15) is 5.10 Å². The number of anilines is 1. The van der Waals surface area contributed by atoms with Crippen LogP contribution in [0, 0.1) is 5.92 Å². The molecule has 0 aliphatic carbocycles. The molecule has 3 rings (SSSR count). The van der Waals surface area contributed by atoms with Crippen molar-refractivity contribution in [2.75, 3.05) is 18.0 Å². The molecule has 0 spiro atoms. The Labute approximate surface area is 138 Å². The second-order valence-corrected chi connectivity index (χ2v) is 6.82. The van der Waals surface area contributed by atoms with Crippen molar-refractivity contribution in [2.24, 2.45) is 5.92 Å². The van der Waals surface area contributed by atoms with Crippen molar-refractivity contribution in [2.45, 2.75) is 45.7 Å². The van der Waals surface area contributed by atoms with Crippen molar-refractivity contribution < 1.29 is 0 Å². The maximum atomic E-state index is 4.16. The third kappa shape index (κ3) is 3.91. The molecular formula is C18H27N5. The summed E-state index contributed by atoms with van der Waals surface area (Å²) in [6.07, 6.45) is 5.70. The molecule has 1 aliphatic rings. The Morgan fingerprint density at radius 2 is 1.70 bits per heavy atom. The van der Waals surface area contributed by atoms with Crippen LogP contribution in [0.25, 0.3) is 5.69 Å². The van der Waals surface area contributed by atoms with E-state index in [2.05, 4.69) is 65.3 Å². The van der Waals surface area contributed by atoms with Crippen LogP contribution in [0.5, 0.6) is 0 Å². The minimum absolute atomic E-state index is 0.591. The Morgan fingerprint density at radius 1 is 1.04 bits per heavy atom. The van der Waals surface area contributed by atoms with Crippen molar-refractivity contribution in [3.63, 3.8) is 0 Å². The van der Waals surface area contributed by atoms with Gasteiger partial charge >= 0.3 is 0 Å². The Hall–Kier alpha value is -1.88. The van der Waals surface area contributed by atoms with Crippen LogP contribution in [0.4, 0.5) is 5.69 Å². The van der Waals surface area contributed by atoms with Gasteiger partial charge in [-0.05, 0) is 49.9 Å². The highest BCUT2D eigenvalue weighted by molar-refractivity contribution is 5.51. The zero-order valence-electron chi connectivity index (χ0n) is 14.3. The van der Waals surface area contributed by atoms with Gasteiger partial charge in [-0.15, -0.1) is 0 Å². The van der Waals surface area contributed by atoms with Crippen molar-refractivity contribution in [3.8, 4) is 5.69 Å². The molecule has 1 saturated heterocycles. The highest BCUT2D eigenvalue weighted by atomic mass is 15.3. The number of aromatic nitrogens is 3. The first kappa shape index (κ1) is 16.0. The summed E-state index contributed by atoms with van der Waals surface area (Å²) in [5.74, 6) is 0.692. The SMILES string of the molecule is CC(C)[C@H](C)NC1CCN(c2ccc(-n3cncn3)cc2)CC1. The molecule has 0 saturated carbocycles. The molecule has 0 amide bonds. The van der Waals surface area contributed by atoms with Crippen LogP contribution in [0.1, 0.15) is 33.6 Å². The molecule has 0 bridgehead atoms. The van der Waals surface area contributed by atoms with E-state index in [4.69, 9.17) is 0 Å². The molecule has 1 atom stereocenters. The zero-order valence-corrected chi connectivity index (χ0v) is 14.3. The van der Waals surface area contributed by atoms with Crippen molar-refractivity contribution >= 4 is 5.69 Å². The van der Waals surface area contributed by atoms with E-state index in [1.165, 1.54) is 18.5 Å². The third-order valence-electron chi connectivity index (χ3n) is 4.89. The Balaban J connectivity index is 1.55. The van der Waals surface area contributed by atoms with Gasteiger partial charge in [0.2, 0.25) is 0 Å². The number of hydrogen-bond acceptors (Lipinski definition) is 4. The second kappa shape index (κ2) is 7.13. The summed E-state index contributed by atoms with van der Waals surface area (Å²) in [6, 6.07) is 9.82. The molecule has 2 aromatic rings. The summed E-state index contributed by atoms with van der Waals surface area (Å²) in [4.78, 5) is 6.47. The third-order valence-corrected chi connectivity index (χ3v) is 4.89. The van der Waals surface area contributed by atoms with Crippen molar-refractivity contribution in [1.82, 2.24) is 20.1 Å². The smallest absolute Gasteiger partial charge is 0.138 e. The fourth-order valence-corrected chi connectivity index (χ4v) is 3.03. The van der Waals surface area contributed by atoms with E-state index in [0.717, 1.165) is 18.8 Å². The Bertz CT molecular complexity index is 582. The zero-order chi connectivity index (χ0) is 16.2. The summed E-state index contributed by atoms with van der Waals surface area (Å²) in [7, 11) is 0. The van der Waals surface area contributed by atoms with Gasteiger partial charge in [0.05, 0.1) is 5.69 Å². The molecule has 5 nitrogen and oxygen atoms in total. The van der Waals surface area contributed by atoms with E-state index < -0.39 is 0 Å². The van der Waals surface area contributed by atoms with Gasteiger partial charge in [0.15, 0.2) is 0 Å².